The lowest BCUT2D eigenvalue weighted by atomic mass is 10.3. The van der Waals surface area contributed by atoms with Gasteiger partial charge in [-0.1, -0.05) is 23.2 Å². The molecule has 0 fully saturated rings. The molecule has 0 spiro atoms. The number of nitrogens with one attached hydrogen (secondary N) is 1. The van der Waals surface area contributed by atoms with E-state index in [1.807, 2.05) is 24.3 Å². The Morgan fingerprint density at radius 1 is 1.06 bits per heavy atom. The molecule has 2 aromatic rings. The average molecular weight is 318 g/mol. The standard InChI is InChI=1S/C11H7BrCl2N2/c12-10-5-8(14)6-15-11(10)16-9-3-1-7(13)2-4-9/h1-6H,(H,15,16). The highest BCUT2D eigenvalue weighted by molar-refractivity contribution is 9.10. The number of aromatic nitrogens is 1. The monoisotopic (exact) mass is 316 g/mol. The van der Waals surface area contributed by atoms with Crippen LogP contribution in [0.1, 0.15) is 0 Å². The van der Waals surface area contributed by atoms with Gasteiger partial charge in [0.05, 0.1) is 9.50 Å². The normalized spacial score (nSPS) is 10.2. The number of hydrogen-bond donors (Lipinski definition) is 1. The minimum Gasteiger partial charge on any atom is -0.339 e. The summed E-state index contributed by atoms with van der Waals surface area (Å²) in [5, 5.41) is 4.45. The molecule has 0 aliphatic rings. The smallest absolute Gasteiger partial charge is 0.144 e. The molecule has 2 nitrogen and oxygen atoms in total. The van der Waals surface area contributed by atoms with E-state index in [1.165, 1.54) is 0 Å². The van der Waals surface area contributed by atoms with E-state index >= 15 is 0 Å². The Hall–Kier alpha value is -0.770. The molecule has 2 rings (SSSR count). The van der Waals surface area contributed by atoms with Crippen molar-refractivity contribution < 1.29 is 0 Å². The molecule has 0 radical (unpaired) electrons. The first-order valence-corrected chi connectivity index (χ1v) is 6.04. The van der Waals surface area contributed by atoms with E-state index in [0.717, 1.165) is 10.2 Å². The first kappa shape index (κ1) is 11.7. The zero-order valence-electron chi connectivity index (χ0n) is 8.05. The van der Waals surface area contributed by atoms with E-state index in [4.69, 9.17) is 23.2 Å². The highest BCUT2D eigenvalue weighted by Gasteiger charge is 2.02. The van der Waals surface area contributed by atoms with Gasteiger partial charge in [0.1, 0.15) is 5.82 Å². The molecule has 0 bridgehead atoms. The van der Waals surface area contributed by atoms with E-state index in [9.17, 15) is 0 Å². The second kappa shape index (κ2) is 5.04. The van der Waals surface area contributed by atoms with E-state index in [2.05, 4.69) is 26.2 Å². The second-order valence-corrected chi connectivity index (χ2v) is 4.84. The van der Waals surface area contributed by atoms with E-state index in [1.54, 1.807) is 12.3 Å². The first-order chi connectivity index (χ1) is 7.65. The molecule has 1 aromatic carbocycles. The number of hydrogen-bond acceptors (Lipinski definition) is 2. The van der Waals surface area contributed by atoms with Crippen LogP contribution in [0.2, 0.25) is 10.0 Å². The minimum atomic E-state index is 0.591. The lowest BCUT2D eigenvalue weighted by Gasteiger charge is -2.07. The Morgan fingerprint density at radius 3 is 2.38 bits per heavy atom. The zero-order valence-corrected chi connectivity index (χ0v) is 11.1. The lowest BCUT2D eigenvalue weighted by Crippen LogP contribution is -1.94. The second-order valence-electron chi connectivity index (χ2n) is 3.12. The number of anilines is 2. The summed E-state index contributed by atoms with van der Waals surface area (Å²) < 4.78 is 0.815. The first-order valence-electron chi connectivity index (χ1n) is 4.49. The molecule has 0 unspecified atom stereocenters. The van der Waals surface area contributed by atoms with Crippen LogP contribution in [0.5, 0.6) is 0 Å². The quantitative estimate of drug-likeness (QED) is 0.852. The SMILES string of the molecule is Clc1ccc(Nc2ncc(Cl)cc2Br)cc1. The van der Waals surface area contributed by atoms with Gasteiger partial charge < -0.3 is 5.32 Å². The maximum Gasteiger partial charge on any atom is 0.144 e. The topological polar surface area (TPSA) is 24.9 Å². The molecule has 0 amide bonds. The highest BCUT2D eigenvalue weighted by atomic mass is 79.9. The van der Waals surface area contributed by atoms with Crippen molar-refractivity contribution in [2.75, 3.05) is 5.32 Å². The van der Waals surface area contributed by atoms with Gasteiger partial charge in [-0.15, -0.1) is 0 Å². The van der Waals surface area contributed by atoms with Gasteiger partial charge in [-0.25, -0.2) is 4.98 Å². The molecule has 0 atom stereocenters. The van der Waals surface area contributed by atoms with E-state index < -0.39 is 0 Å². The van der Waals surface area contributed by atoms with E-state index in [-0.39, 0.29) is 0 Å². The summed E-state index contributed by atoms with van der Waals surface area (Å²) in [7, 11) is 0. The summed E-state index contributed by atoms with van der Waals surface area (Å²) in [6.07, 6.45) is 1.59. The summed E-state index contributed by atoms with van der Waals surface area (Å²) >= 11 is 15.0. The molecular formula is C11H7BrCl2N2. The molecule has 5 heteroatoms. The molecule has 1 heterocycles. The third-order valence-corrected chi connectivity index (χ3v) is 2.98. The number of rotatable bonds is 2. The number of pyridine rings is 1. The van der Waals surface area contributed by atoms with Crippen molar-refractivity contribution in [3.8, 4) is 0 Å². The van der Waals surface area contributed by atoms with Gasteiger partial charge in [-0.3, -0.25) is 0 Å². The third-order valence-electron chi connectivity index (χ3n) is 1.91. The predicted octanol–water partition coefficient (Wildman–Crippen LogP) is 4.89. The fourth-order valence-corrected chi connectivity index (χ4v) is 2.04. The Bertz CT molecular complexity index is 500. The fourth-order valence-electron chi connectivity index (χ4n) is 1.18. The summed E-state index contributed by atoms with van der Waals surface area (Å²) in [5.41, 5.74) is 0.917. The van der Waals surface area contributed by atoms with Gasteiger partial charge in [0.2, 0.25) is 0 Å². The number of nitrogens with zero attached hydrogens (tertiary/aromatic N) is 1. The van der Waals surface area contributed by atoms with Crippen LogP contribution in [0.3, 0.4) is 0 Å². The van der Waals surface area contributed by atoms with E-state index in [0.29, 0.717) is 15.9 Å². The summed E-state index contributed by atoms with van der Waals surface area (Å²) in [4.78, 5) is 4.17. The van der Waals surface area contributed by atoms with Crippen LogP contribution in [0, 0.1) is 0 Å². The maximum atomic E-state index is 5.80. The van der Waals surface area contributed by atoms with Crippen molar-refractivity contribution in [2.45, 2.75) is 0 Å². The zero-order chi connectivity index (χ0) is 11.5. The van der Waals surface area contributed by atoms with Crippen LogP contribution < -0.4 is 5.32 Å². The Morgan fingerprint density at radius 2 is 1.75 bits per heavy atom. The number of benzene rings is 1. The lowest BCUT2D eigenvalue weighted by molar-refractivity contribution is 1.29. The molecular weight excluding hydrogens is 311 g/mol. The minimum absolute atomic E-state index is 0.591. The van der Waals surface area contributed by atoms with Crippen LogP contribution in [0.15, 0.2) is 41.0 Å². The Labute approximate surface area is 112 Å². The summed E-state index contributed by atoms with van der Waals surface area (Å²) in [5.74, 6) is 0.715. The van der Waals surface area contributed by atoms with Crippen molar-refractivity contribution in [1.82, 2.24) is 4.98 Å². The molecule has 16 heavy (non-hydrogen) atoms. The summed E-state index contributed by atoms with van der Waals surface area (Å²) in [6, 6.07) is 9.17. The van der Waals surface area contributed by atoms with Gasteiger partial charge in [-0.05, 0) is 46.3 Å². The van der Waals surface area contributed by atoms with Gasteiger partial charge in [-0.2, -0.15) is 0 Å². The van der Waals surface area contributed by atoms with Gasteiger partial charge >= 0.3 is 0 Å². The van der Waals surface area contributed by atoms with Crippen LogP contribution in [-0.2, 0) is 0 Å². The average Bonchev–Trinajstić information content (AvgIpc) is 2.25. The van der Waals surface area contributed by atoms with Gasteiger partial charge in [0.15, 0.2) is 0 Å². The summed E-state index contributed by atoms with van der Waals surface area (Å²) in [6.45, 7) is 0. The van der Waals surface area contributed by atoms with Crippen LogP contribution in [-0.4, -0.2) is 4.98 Å². The molecule has 0 saturated carbocycles. The molecule has 1 N–H and O–H groups in total. The predicted molar refractivity (Wildman–Crippen MR) is 71.7 cm³/mol. The van der Waals surface area contributed by atoms with Crippen LogP contribution in [0.25, 0.3) is 0 Å². The Balaban J connectivity index is 2.23. The fraction of sp³-hybridized carbons (Fsp3) is 0. The third kappa shape index (κ3) is 2.88. The maximum absolute atomic E-state index is 5.80. The highest BCUT2D eigenvalue weighted by Crippen LogP contribution is 2.26. The van der Waals surface area contributed by atoms with Crippen LogP contribution in [0.4, 0.5) is 11.5 Å². The largest absolute Gasteiger partial charge is 0.339 e. The van der Waals surface area contributed by atoms with Crippen molar-refractivity contribution in [3.63, 3.8) is 0 Å². The van der Waals surface area contributed by atoms with Crippen molar-refractivity contribution in [1.29, 1.82) is 0 Å². The molecule has 0 saturated heterocycles. The number of halogens is 3. The molecule has 82 valence electrons. The van der Waals surface area contributed by atoms with Crippen molar-refractivity contribution in [2.24, 2.45) is 0 Å². The molecule has 0 aliphatic heterocycles. The van der Waals surface area contributed by atoms with Gasteiger partial charge in [0.25, 0.3) is 0 Å². The van der Waals surface area contributed by atoms with Crippen molar-refractivity contribution in [3.05, 3.63) is 51.0 Å². The Kier molecular flexibility index (Phi) is 3.69. The van der Waals surface area contributed by atoms with Crippen LogP contribution >= 0.6 is 39.1 Å². The molecule has 1 aromatic heterocycles. The van der Waals surface area contributed by atoms with Gasteiger partial charge in [0, 0.05) is 16.9 Å². The molecule has 0 aliphatic carbocycles. The van der Waals surface area contributed by atoms with Crippen molar-refractivity contribution >= 4 is 50.6 Å².